The molecule has 19 heavy (non-hydrogen) atoms. The standard InChI is InChI=1S/C13H16BrClN2O2/c1-3-6-17(8-12(18)16-2)13(19)9-4-5-10(14)11(15)7-9/h4-5,7H,3,6,8H2,1-2H3,(H,16,18). The van der Waals surface area contributed by atoms with E-state index in [0.717, 1.165) is 10.9 Å². The van der Waals surface area contributed by atoms with Crippen LogP contribution in [0.5, 0.6) is 0 Å². The fourth-order valence-electron chi connectivity index (χ4n) is 1.59. The van der Waals surface area contributed by atoms with E-state index < -0.39 is 0 Å². The van der Waals surface area contributed by atoms with Crippen molar-refractivity contribution in [1.29, 1.82) is 0 Å². The molecule has 1 N–H and O–H groups in total. The number of nitrogens with one attached hydrogen (secondary N) is 1. The number of hydrogen-bond donors (Lipinski definition) is 1. The second-order valence-electron chi connectivity index (χ2n) is 4.03. The zero-order valence-corrected chi connectivity index (χ0v) is 13.2. The lowest BCUT2D eigenvalue weighted by molar-refractivity contribution is -0.121. The quantitative estimate of drug-likeness (QED) is 0.890. The number of benzene rings is 1. The second-order valence-corrected chi connectivity index (χ2v) is 5.29. The van der Waals surface area contributed by atoms with Gasteiger partial charge >= 0.3 is 0 Å². The monoisotopic (exact) mass is 346 g/mol. The van der Waals surface area contributed by atoms with Gasteiger partial charge in [-0.15, -0.1) is 0 Å². The number of nitrogens with zero attached hydrogens (tertiary/aromatic N) is 1. The Kier molecular flexibility index (Phi) is 6.31. The van der Waals surface area contributed by atoms with Crippen LogP contribution in [0.25, 0.3) is 0 Å². The summed E-state index contributed by atoms with van der Waals surface area (Å²) in [6.07, 6.45) is 0.785. The fraction of sp³-hybridized carbons (Fsp3) is 0.385. The summed E-state index contributed by atoms with van der Waals surface area (Å²) in [5.41, 5.74) is 0.477. The van der Waals surface area contributed by atoms with Crippen molar-refractivity contribution in [3.8, 4) is 0 Å². The van der Waals surface area contributed by atoms with Crippen LogP contribution in [0.4, 0.5) is 0 Å². The van der Waals surface area contributed by atoms with Crippen LogP contribution < -0.4 is 5.32 Å². The molecule has 0 fully saturated rings. The zero-order chi connectivity index (χ0) is 14.4. The minimum atomic E-state index is -0.195. The number of hydrogen-bond acceptors (Lipinski definition) is 2. The number of carbonyl (C=O) groups excluding carboxylic acids is 2. The molecule has 104 valence electrons. The van der Waals surface area contributed by atoms with E-state index in [2.05, 4.69) is 21.2 Å². The molecular formula is C13H16BrClN2O2. The van der Waals surface area contributed by atoms with Gasteiger partial charge in [-0.3, -0.25) is 9.59 Å². The number of likely N-dealkylation sites (N-methyl/N-ethyl adjacent to an activating group) is 1. The molecule has 0 aliphatic rings. The third-order valence-electron chi connectivity index (χ3n) is 2.56. The first-order chi connectivity index (χ1) is 8.99. The van der Waals surface area contributed by atoms with Crippen LogP contribution >= 0.6 is 27.5 Å². The highest BCUT2D eigenvalue weighted by Crippen LogP contribution is 2.23. The molecule has 1 aromatic rings. The maximum Gasteiger partial charge on any atom is 0.254 e. The van der Waals surface area contributed by atoms with Gasteiger partial charge in [0.1, 0.15) is 0 Å². The van der Waals surface area contributed by atoms with E-state index in [9.17, 15) is 9.59 Å². The lowest BCUT2D eigenvalue weighted by Gasteiger charge is -2.21. The summed E-state index contributed by atoms with van der Waals surface area (Å²) in [4.78, 5) is 25.2. The topological polar surface area (TPSA) is 49.4 Å². The van der Waals surface area contributed by atoms with Crippen molar-refractivity contribution in [2.45, 2.75) is 13.3 Å². The average molecular weight is 348 g/mol. The first-order valence-corrected chi connectivity index (χ1v) is 7.11. The van der Waals surface area contributed by atoms with Crippen LogP contribution in [0.15, 0.2) is 22.7 Å². The van der Waals surface area contributed by atoms with Crippen LogP contribution in [-0.2, 0) is 4.79 Å². The van der Waals surface area contributed by atoms with E-state index in [1.54, 1.807) is 25.2 Å². The lowest BCUT2D eigenvalue weighted by atomic mass is 10.2. The Hall–Kier alpha value is -1.07. The predicted molar refractivity (Wildman–Crippen MR) is 79.4 cm³/mol. The molecule has 0 heterocycles. The maximum absolute atomic E-state index is 12.3. The molecule has 0 atom stereocenters. The molecule has 0 aliphatic carbocycles. The summed E-state index contributed by atoms with van der Waals surface area (Å²) in [5.74, 6) is -0.384. The van der Waals surface area contributed by atoms with Crippen molar-refractivity contribution < 1.29 is 9.59 Å². The van der Waals surface area contributed by atoms with Gasteiger partial charge in [0, 0.05) is 23.6 Å². The molecule has 0 radical (unpaired) electrons. The van der Waals surface area contributed by atoms with E-state index in [4.69, 9.17) is 11.6 Å². The van der Waals surface area contributed by atoms with Gasteiger partial charge in [0.2, 0.25) is 5.91 Å². The average Bonchev–Trinajstić information content (AvgIpc) is 2.40. The zero-order valence-electron chi connectivity index (χ0n) is 10.9. The summed E-state index contributed by atoms with van der Waals surface area (Å²) in [6, 6.07) is 5.00. The molecule has 1 aromatic carbocycles. The fourth-order valence-corrected chi connectivity index (χ4v) is 2.01. The van der Waals surface area contributed by atoms with E-state index in [1.807, 2.05) is 6.92 Å². The molecule has 0 aliphatic heterocycles. The summed E-state index contributed by atoms with van der Waals surface area (Å²) < 4.78 is 0.735. The van der Waals surface area contributed by atoms with Gasteiger partial charge in [-0.1, -0.05) is 18.5 Å². The molecular weight excluding hydrogens is 332 g/mol. The van der Waals surface area contributed by atoms with Crippen LogP contribution in [0.1, 0.15) is 23.7 Å². The van der Waals surface area contributed by atoms with Gasteiger partial charge in [0.05, 0.1) is 11.6 Å². The number of halogens is 2. The van der Waals surface area contributed by atoms with Crippen molar-refractivity contribution in [2.24, 2.45) is 0 Å². The number of rotatable bonds is 5. The Morgan fingerprint density at radius 3 is 2.63 bits per heavy atom. The van der Waals surface area contributed by atoms with Crippen molar-refractivity contribution in [3.63, 3.8) is 0 Å². The van der Waals surface area contributed by atoms with E-state index >= 15 is 0 Å². The van der Waals surface area contributed by atoms with Gasteiger partial charge < -0.3 is 10.2 Å². The molecule has 0 aromatic heterocycles. The molecule has 6 heteroatoms. The van der Waals surface area contributed by atoms with E-state index in [1.165, 1.54) is 4.90 Å². The smallest absolute Gasteiger partial charge is 0.254 e. The Morgan fingerprint density at radius 1 is 1.42 bits per heavy atom. The predicted octanol–water partition coefficient (Wildman–Crippen LogP) is 2.70. The van der Waals surface area contributed by atoms with Gasteiger partial charge in [-0.2, -0.15) is 0 Å². The van der Waals surface area contributed by atoms with Gasteiger partial charge in [0.15, 0.2) is 0 Å². The number of carbonyl (C=O) groups is 2. The van der Waals surface area contributed by atoms with E-state index in [0.29, 0.717) is 17.1 Å². The molecule has 0 saturated heterocycles. The Balaban J connectivity index is 2.91. The summed E-state index contributed by atoms with van der Waals surface area (Å²) in [6.45, 7) is 2.54. The van der Waals surface area contributed by atoms with Gasteiger partial charge in [-0.05, 0) is 40.5 Å². The normalized spacial score (nSPS) is 10.1. The highest BCUT2D eigenvalue weighted by atomic mass is 79.9. The second kappa shape index (κ2) is 7.50. The third-order valence-corrected chi connectivity index (χ3v) is 3.79. The van der Waals surface area contributed by atoms with Crippen LogP contribution in [0, 0.1) is 0 Å². The van der Waals surface area contributed by atoms with Crippen LogP contribution in [0.3, 0.4) is 0 Å². The van der Waals surface area contributed by atoms with Crippen molar-refractivity contribution in [2.75, 3.05) is 20.1 Å². The highest BCUT2D eigenvalue weighted by molar-refractivity contribution is 9.10. The SMILES string of the molecule is CCCN(CC(=O)NC)C(=O)c1ccc(Br)c(Cl)c1. The highest BCUT2D eigenvalue weighted by Gasteiger charge is 2.18. The first kappa shape index (κ1) is 16.0. The maximum atomic E-state index is 12.3. The van der Waals surface area contributed by atoms with Gasteiger partial charge in [0.25, 0.3) is 5.91 Å². The molecule has 4 nitrogen and oxygen atoms in total. The Labute approximate surface area is 126 Å². The molecule has 2 amide bonds. The first-order valence-electron chi connectivity index (χ1n) is 5.94. The molecule has 0 unspecified atom stereocenters. The van der Waals surface area contributed by atoms with Crippen molar-refractivity contribution in [3.05, 3.63) is 33.3 Å². The summed E-state index contributed by atoms with van der Waals surface area (Å²) in [7, 11) is 1.55. The number of amides is 2. The lowest BCUT2D eigenvalue weighted by Crippen LogP contribution is -2.40. The minimum Gasteiger partial charge on any atom is -0.358 e. The van der Waals surface area contributed by atoms with Crippen LogP contribution in [0.2, 0.25) is 5.02 Å². The third kappa shape index (κ3) is 4.51. The Morgan fingerprint density at radius 2 is 2.11 bits per heavy atom. The van der Waals surface area contributed by atoms with Crippen LogP contribution in [-0.4, -0.2) is 36.9 Å². The molecule has 1 rings (SSSR count). The van der Waals surface area contributed by atoms with E-state index in [-0.39, 0.29) is 18.4 Å². The molecule has 0 saturated carbocycles. The summed E-state index contributed by atoms with van der Waals surface area (Å²) in [5, 5.41) is 2.99. The summed E-state index contributed by atoms with van der Waals surface area (Å²) >= 11 is 9.25. The molecule has 0 spiro atoms. The van der Waals surface area contributed by atoms with Gasteiger partial charge in [-0.25, -0.2) is 0 Å². The molecule has 0 bridgehead atoms. The largest absolute Gasteiger partial charge is 0.358 e. The Bertz CT molecular complexity index is 480. The van der Waals surface area contributed by atoms with Crippen molar-refractivity contribution >= 4 is 39.3 Å². The minimum absolute atomic E-state index is 0.0524. The van der Waals surface area contributed by atoms with Crippen molar-refractivity contribution in [1.82, 2.24) is 10.2 Å².